The number of ether oxygens (including phenoxy) is 4. The SMILES string of the molecule is COc1ccc(C[C@H]2NC[C@H](OC(=O)OC(C)(C)C)[C@H]2OC(=O)NCc2cn(-c3cc4ccc(O)cc4oc3=O)nn2)cc1. The van der Waals surface area contributed by atoms with E-state index in [-0.39, 0.29) is 36.2 Å². The highest BCUT2D eigenvalue weighted by Gasteiger charge is 2.42. The lowest BCUT2D eigenvalue weighted by atomic mass is 10.0. The van der Waals surface area contributed by atoms with Crippen LogP contribution in [0.25, 0.3) is 16.7 Å². The van der Waals surface area contributed by atoms with Crippen molar-refractivity contribution in [3.8, 4) is 17.2 Å². The summed E-state index contributed by atoms with van der Waals surface area (Å²) >= 11 is 0. The van der Waals surface area contributed by atoms with Gasteiger partial charge in [-0.2, -0.15) is 0 Å². The molecule has 1 saturated heterocycles. The van der Waals surface area contributed by atoms with Gasteiger partial charge in [-0.25, -0.2) is 19.1 Å². The maximum atomic E-state index is 12.9. The van der Waals surface area contributed by atoms with Gasteiger partial charge in [-0.1, -0.05) is 17.3 Å². The molecule has 2 aromatic heterocycles. The molecule has 14 nitrogen and oxygen atoms in total. The molecule has 5 rings (SSSR count). The Kier molecular flexibility index (Phi) is 8.71. The first kappa shape index (κ1) is 30.4. The molecule has 2 aromatic carbocycles. The highest BCUT2D eigenvalue weighted by atomic mass is 16.7. The average Bonchev–Trinajstić information content (AvgIpc) is 3.58. The van der Waals surface area contributed by atoms with E-state index in [9.17, 15) is 19.5 Å². The van der Waals surface area contributed by atoms with Gasteiger partial charge < -0.3 is 39.1 Å². The molecule has 1 amide bonds. The smallest absolute Gasteiger partial charge is 0.508 e. The van der Waals surface area contributed by atoms with Crippen molar-refractivity contribution in [1.29, 1.82) is 0 Å². The molecule has 3 N–H and O–H groups in total. The summed E-state index contributed by atoms with van der Waals surface area (Å²) in [7, 11) is 1.59. The number of alkyl carbamates (subject to hydrolysis) is 1. The van der Waals surface area contributed by atoms with Crippen molar-refractivity contribution >= 4 is 23.2 Å². The summed E-state index contributed by atoms with van der Waals surface area (Å²) in [4.78, 5) is 37.9. The van der Waals surface area contributed by atoms with Gasteiger partial charge in [0.05, 0.1) is 25.9 Å². The lowest BCUT2D eigenvalue weighted by Gasteiger charge is -2.26. The van der Waals surface area contributed by atoms with Crippen molar-refractivity contribution in [2.45, 2.75) is 57.6 Å². The topological polar surface area (TPSA) is 176 Å². The molecule has 0 saturated carbocycles. The van der Waals surface area contributed by atoms with Crippen LogP contribution in [0, 0.1) is 0 Å². The minimum Gasteiger partial charge on any atom is -0.508 e. The van der Waals surface area contributed by atoms with E-state index in [1.54, 1.807) is 40.0 Å². The van der Waals surface area contributed by atoms with Gasteiger partial charge in [-0.05, 0) is 63.1 Å². The van der Waals surface area contributed by atoms with Gasteiger partial charge in [-0.15, -0.1) is 5.10 Å². The minimum absolute atomic E-state index is 0.0300. The number of fused-ring (bicyclic) bond motifs is 1. The first-order chi connectivity index (χ1) is 21.0. The Hall–Kier alpha value is -5.11. The fourth-order valence-electron chi connectivity index (χ4n) is 4.70. The van der Waals surface area contributed by atoms with E-state index in [2.05, 4.69) is 20.9 Å². The van der Waals surface area contributed by atoms with Crippen molar-refractivity contribution in [1.82, 2.24) is 25.6 Å². The van der Waals surface area contributed by atoms with Crippen LogP contribution in [-0.4, -0.2) is 69.9 Å². The molecule has 3 heterocycles. The average molecular weight is 608 g/mol. The summed E-state index contributed by atoms with van der Waals surface area (Å²) in [5, 5.41) is 24.1. The first-order valence-electron chi connectivity index (χ1n) is 13.9. The van der Waals surface area contributed by atoms with Gasteiger partial charge >= 0.3 is 17.9 Å². The molecule has 0 spiro atoms. The Morgan fingerprint density at radius 2 is 1.91 bits per heavy atom. The van der Waals surface area contributed by atoms with Gasteiger partial charge in [0, 0.05) is 18.0 Å². The lowest BCUT2D eigenvalue weighted by molar-refractivity contribution is -0.0518. The molecular weight excluding hydrogens is 574 g/mol. The van der Waals surface area contributed by atoms with Crippen LogP contribution in [0.2, 0.25) is 0 Å². The number of nitrogens with one attached hydrogen (secondary N) is 2. The summed E-state index contributed by atoms with van der Waals surface area (Å²) in [5.74, 6) is 0.683. The highest BCUT2D eigenvalue weighted by molar-refractivity contribution is 5.79. The van der Waals surface area contributed by atoms with E-state index in [0.29, 0.717) is 23.3 Å². The summed E-state index contributed by atoms with van der Waals surface area (Å²) < 4.78 is 28.3. The number of carbonyl (C=O) groups excluding carboxylic acids is 2. The molecule has 3 atom stereocenters. The molecule has 14 heteroatoms. The third-order valence-corrected chi connectivity index (χ3v) is 6.74. The van der Waals surface area contributed by atoms with Crippen molar-refractivity contribution in [3.63, 3.8) is 0 Å². The minimum atomic E-state index is -0.866. The summed E-state index contributed by atoms with van der Waals surface area (Å²) in [6, 6.07) is 13.1. The van der Waals surface area contributed by atoms with E-state index >= 15 is 0 Å². The van der Waals surface area contributed by atoms with E-state index < -0.39 is 35.7 Å². The fraction of sp³-hybridized carbons (Fsp3) is 0.367. The van der Waals surface area contributed by atoms with Crippen molar-refractivity contribution in [2.75, 3.05) is 13.7 Å². The van der Waals surface area contributed by atoms with Crippen LogP contribution >= 0.6 is 0 Å². The Bertz CT molecular complexity index is 1690. The second kappa shape index (κ2) is 12.6. The molecule has 1 fully saturated rings. The van der Waals surface area contributed by atoms with E-state index in [4.69, 9.17) is 23.4 Å². The molecular formula is C30H33N5O9. The molecule has 4 aromatic rings. The predicted molar refractivity (Wildman–Crippen MR) is 156 cm³/mol. The van der Waals surface area contributed by atoms with Crippen molar-refractivity contribution < 1.29 is 38.1 Å². The van der Waals surface area contributed by atoms with Gasteiger partial charge in [0.15, 0.2) is 17.9 Å². The number of amides is 1. The normalized spacial score (nSPS) is 18.1. The number of rotatable bonds is 8. The molecule has 0 radical (unpaired) electrons. The number of carbonyl (C=O) groups is 2. The summed E-state index contributed by atoms with van der Waals surface area (Å²) in [5.41, 5.74) is 0.191. The first-order valence-corrected chi connectivity index (χ1v) is 13.9. The number of phenols is 1. The number of aromatic hydroxyl groups is 1. The van der Waals surface area contributed by atoms with Crippen LogP contribution in [-0.2, 0) is 27.2 Å². The van der Waals surface area contributed by atoms with Gasteiger partial charge in [-0.3, -0.25) is 0 Å². The Morgan fingerprint density at radius 1 is 1.14 bits per heavy atom. The fourth-order valence-corrected chi connectivity index (χ4v) is 4.70. The molecule has 0 unspecified atom stereocenters. The second-order valence-corrected chi connectivity index (χ2v) is 11.2. The summed E-state index contributed by atoms with van der Waals surface area (Å²) in [6.45, 7) is 5.36. The zero-order valence-electron chi connectivity index (χ0n) is 24.6. The number of hydrogen-bond donors (Lipinski definition) is 3. The zero-order valence-corrected chi connectivity index (χ0v) is 24.6. The lowest BCUT2D eigenvalue weighted by Crippen LogP contribution is -2.43. The number of nitrogens with zero attached hydrogens (tertiary/aromatic N) is 3. The predicted octanol–water partition coefficient (Wildman–Crippen LogP) is 3.22. The molecule has 232 valence electrons. The Morgan fingerprint density at radius 3 is 2.64 bits per heavy atom. The molecule has 44 heavy (non-hydrogen) atoms. The van der Waals surface area contributed by atoms with Gasteiger partial charge in [0.25, 0.3) is 0 Å². The van der Waals surface area contributed by atoms with Crippen LogP contribution in [0.5, 0.6) is 11.5 Å². The maximum absolute atomic E-state index is 12.9. The third kappa shape index (κ3) is 7.45. The Labute approximate surface area is 251 Å². The Balaban J connectivity index is 1.25. The van der Waals surface area contributed by atoms with E-state index in [1.165, 1.54) is 23.0 Å². The zero-order chi connectivity index (χ0) is 31.4. The van der Waals surface area contributed by atoms with Crippen LogP contribution in [0.1, 0.15) is 32.0 Å². The monoisotopic (exact) mass is 607 g/mol. The van der Waals surface area contributed by atoms with Crippen LogP contribution < -0.4 is 21.0 Å². The summed E-state index contributed by atoms with van der Waals surface area (Å²) in [6.07, 6.45) is -1.31. The highest BCUT2D eigenvalue weighted by Crippen LogP contribution is 2.23. The number of aromatic nitrogens is 3. The number of methoxy groups -OCH3 is 1. The van der Waals surface area contributed by atoms with E-state index in [0.717, 1.165) is 5.56 Å². The van der Waals surface area contributed by atoms with Crippen molar-refractivity contribution in [3.05, 3.63) is 76.4 Å². The van der Waals surface area contributed by atoms with Gasteiger partial charge in [0.1, 0.15) is 28.4 Å². The standard InChI is InChI=1S/C30H33N5O9/c1-30(2,3)44-29(39)42-25-15-31-22(11-17-5-9-21(40-4)10-6-17)26(25)43-28(38)32-14-19-16-35(34-33-19)23-12-18-7-8-20(36)13-24(18)41-27(23)37/h5-10,12-13,16,22,25-26,31,36H,11,14-15H2,1-4H3,(H,32,38)/t22-,25+,26+/m1/s1. The quantitative estimate of drug-likeness (QED) is 0.197. The van der Waals surface area contributed by atoms with Crippen LogP contribution in [0.3, 0.4) is 0 Å². The number of benzene rings is 2. The number of hydrogen-bond acceptors (Lipinski definition) is 12. The van der Waals surface area contributed by atoms with Gasteiger partial charge in [0.2, 0.25) is 0 Å². The molecule has 1 aliphatic heterocycles. The molecule has 0 bridgehead atoms. The largest absolute Gasteiger partial charge is 0.509 e. The second-order valence-electron chi connectivity index (χ2n) is 11.2. The van der Waals surface area contributed by atoms with Crippen LogP contribution in [0.15, 0.2) is 63.9 Å². The van der Waals surface area contributed by atoms with Crippen molar-refractivity contribution in [2.24, 2.45) is 0 Å². The van der Waals surface area contributed by atoms with E-state index in [1.807, 2.05) is 24.3 Å². The molecule has 0 aliphatic carbocycles. The maximum Gasteiger partial charge on any atom is 0.509 e. The van der Waals surface area contributed by atoms with Crippen LogP contribution in [0.4, 0.5) is 9.59 Å². The third-order valence-electron chi connectivity index (χ3n) is 6.74. The number of phenolic OH excluding ortho intramolecular Hbond substituents is 1. The molecule has 1 aliphatic rings.